The van der Waals surface area contributed by atoms with Crippen LogP contribution in [0.3, 0.4) is 0 Å². The minimum Gasteiger partial charge on any atom is -0.457 e. The van der Waals surface area contributed by atoms with Gasteiger partial charge in [-0.3, -0.25) is 13.8 Å². The molecule has 0 saturated carbocycles. The Hall–Kier alpha value is -2.36. The molecule has 370 valence electrons. The van der Waals surface area contributed by atoms with Gasteiger partial charge in [0.2, 0.25) is 0 Å². The van der Waals surface area contributed by atoms with E-state index in [1.165, 1.54) is 109 Å². The summed E-state index contributed by atoms with van der Waals surface area (Å²) in [6.07, 6.45) is 62.7. The van der Waals surface area contributed by atoms with Crippen molar-refractivity contribution < 1.29 is 43.0 Å². The monoisotopic (exact) mass is 919 g/mol. The number of aliphatic hydroxyl groups excluding tert-OH is 2. The normalized spacial score (nSPS) is 14.5. The number of hydrogen-bond donors (Lipinski definition) is 3. The third kappa shape index (κ3) is 49.1. The summed E-state index contributed by atoms with van der Waals surface area (Å²) in [6, 6.07) is 0. The molecule has 0 aliphatic heterocycles. The lowest BCUT2D eigenvalue weighted by Crippen LogP contribution is -2.29. The van der Waals surface area contributed by atoms with Crippen LogP contribution in [-0.4, -0.2) is 66.3 Å². The van der Waals surface area contributed by atoms with Crippen LogP contribution >= 0.6 is 7.82 Å². The predicted molar refractivity (Wildman–Crippen MR) is 269 cm³/mol. The molecule has 0 spiro atoms. The van der Waals surface area contributed by atoms with Crippen molar-refractivity contribution in [3.63, 3.8) is 0 Å². The number of rotatable bonds is 48. The zero-order chi connectivity index (χ0) is 46.7. The van der Waals surface area contributed by atoms with E-state index in [2.05, 4.69) is 98.9 Å². The number of carbonyl (C=O) groups excluding carboxylic acids is 1. The second-order valence-electron chi connectivity index (χ2n) is 16.8. The Morgan fingerprint density at radius 3 is 1.36 bits per heavy atom. The number of carbonyl (C=O) groups is 1. The lowest BCUT2D eigenvalue weighted by Gasteiger charge is -2.20. The molecule has 64 heavy (non-hydrogen) atoms. The first-order valence-electron chi connectivity index (χ1n) is 25.6. The van der Waals surface area contributed by atoms with Crippen molar-refractivity contribution in [2.45, 2.75) is 219 Å². The summed E-state index contributed by atoms with van der Waals surface area (Å²) >= 11 is 0. The van der Waals surface area contributed by atoms with Crippen LogP contribution in [0.4, 0.5) is 0 Å². The number of ether oxygens (including phenoxy) is 2. The van der Waals surface area contributed by atoms with Gasteiger partial charge in [-0.05, 0) is 89.9 Å². The molecule has 0 amide bonds. The lowest BCUT2D eigenvalue weighted by molar-refractivity contribution is -0.154. The molecule has 9 nitrogen and oxygen atoms in total. The zero-order valence-corrected chi connectivity index (χ0v) is 41.6. The Morgan fingerprint density at radius 2 is 0.891 bits per heavy atom. The van der Waals surface area contributed by atoms with Gasteiger partial charge in [-0.25, -0.2) is 4.57 Å². The molecule has 0 aromatic heterocycles. The third-order valence-corrected chi connectivity index (χ3v) is 11.5. The van der Waals surface area contributed by atoms with Crippen LogP contribution in [0, 0.1) is 0 Å². The summed E-state index contributed by atoms with van der Waals surface area (Å²) < 4.78 is 33.5. The van der Waals surface area contributed by atoms with Crippen LogP contribution in [-0.2, 0) is 27.9 Å². The number of phosphoric acid groups is 1. The Morgan fingerprint density at radius 1 is 0.500 bits per heavy atom. The fourth-order valence-electron chi connectivity index (χ4n) is 6.71. The van der Waals surface area contributed by atoms with E-state index in [0.29, 0.717) is 13.0 Å². The molecule has 3 unspecified atom stereocenters. The summed E-state index contributed by atoms with van der Waals surface area (Å²) in [4.78, 5) is 22.7. The van der Waals surface area contributed by atoms with E-state index in [9.17, 15) is 19.4 Å². The van der Waals surface area contributed by atoms with Gasteiger partial charge < -0.3 is 24.6 Å². The van der Waals surface area contributed by atoms with Gasteiger partial charge in [0.05, 0.1) is 26.4 Å². The van der Waals surface area contributed by atoms with Gasteiger partial charge in [0, 0.05) is 13.0 Å². The van der Waals surface area contributed by atoms with Crippen LogP contribution < -0.4 is 0 Å². The SMILES string of the molecule is CC/C=C\C/C=C\C/C=C\C/C=C\C/C=C\C/C=C\CCCCC(=O)OC(COCCCCCCCCCCCC/C=C\CCCCCCCCCC)COP(=O)(O)OCC(O)CO. The highest BCUT2D eigenvalue weighted by Crippen LogP contribution is 2.43. The van der Waals surface area contributed by atoms with Crippen molar-refractivity contribution >= 4 is 13.8 Å². The van der Waals surface area contributed by atoms with Gasteiger partial charge in [-0.15, -0.1) is 0 Å². The Balaban J connectivity index is 4.18. The van der Waals surface area contributed by atoms with Crippen molar-refractivity contribution in [2.75, 3.05) is 33.0 Å². The molecule has 0 aromatic rings. The molecule has 0 saturated heterocycles. The third-order valence-electron chi connectivity index (χ3n) is 10.6. The zero-order valence-electron chi connectivity index (χ0n) is 40.7. The first-order valence-corrected chi connectivity index (χ1v) is 27.1. The Bertz CT molecular complexity index is 1270. The molecule has 0 rings (SSSR count). The number of allylic oxidation sites excluding steroid dienone is 14. The van der Waals surface area contributed by atoms with E-state index in [0.717, 1.165) is 70.6 Å². The van der Waals surface area contributed by atoms with Crippen molar-refractivity contribution in [2.24, 2.45) is 0 Å². The standard InChI is InChI=1S/C54H95O9P/c1-3-5-7-9-11-13-15-17-19-21-23-25-27-29-31-33-35-37-39-41-43-45-47-60-50-53(51-62-64(58,59)61-49-52(56)48-55)63-54(57)46-44-42-40-38-36-34-32-30-28-26-24-22-20-18-16-14-12-10-8-6-4-2/h6,8,12,14,18,20-21,23-24,26,30,32,36,38,52-53,55-56H,3-5,7,9-11,13,15-17,19,22,25,27-29,31,33-35,37,39-51H2,1-2H3,(H,58,59)/b8-6-,14-12-,20-18-,23-21-,26-24-,32-30-,38-36-. The largest absolute Gasteiger partial charge is 0.472 e. The van der Waals surface area contributed by atoms with Crippen LogP contribution in [0.5, 0.6) is 0 Å². The van der Waals surface area contributed by atoms with Gasteiger partial charge in [0.15, 0.2) is 0 Å². The fraction of sp³-hybridized carbons (Fsp3) is 0.722. The van der Waals surface area contributed by atoms with Crippen LogP contribution in [0.25, 0.3) is 0 Å². The molecular weight excluding hydrogens is 824 g/mol. The molecule has 0 fully saturated rings. The topological polar surface area (TPSA) is 132 Å². The molecule has 0 aliphatic rings. The van der Waals surface area contributed by atoms with E-state index in [1.807, 2.05) is 0 Å². The highest BCUT2D eigenvalue weighted by atomic mass is 31.2. The van der Waals surface area contributed by atoms with Crippen LogP contribution in [0.1, 0.15) is 206 Å². The van der Waals surface area contributed by atoms with E-state index < -0.39 is 45.8 Å². The second-order valence-corrected chi connectivity index (χ2v) is 18.3. The van der Waals surface area contributed by atoms with Crippen molar-refractivity contribution in [1.82, 2.24) is 0 Å². The maximum absolute atomic E-state index is 12.7. The number of esters is 1. The quantitative estimate of drug-likeness (QED) is 0.0236. The van der Waals surface area contributed by atoms with E-state index in [4.69, 9.17) is 23.6 Å². The minimum atomic E-state index is -4.54. The summed E-state index contributed by atoms with van der Waals surface area (Å²) in [5.41, 5.74) is 0. The molecule has 10 heteroatoms. The van der Waals surface area contributed by atoms with E-state index in [-0.39, 0.29) is 13.0 Å². The molecular formula is C54H95O9P. The summed E-state index contributed by atoms with van der Waals surface area (Å²) in [5, 5.41) is 18.4. The van der Waals surface area contributed by atoms with Crippen molar-refractivity contribution in [3.05, 3.63) is 85.1 Å². The van der Waals surface area contributed by atoms with Crippen molar-refractivity contribution in [1.29, 1.82) is 0 Å². The minimum absolute atomic E-state index is 0.0264. The van der Waals surface area contributed by atoms with Crippen LogP contribution in [0.15, 0.2) is 85.1 Å². The number of hydrogen-bond acceptors (Lipinski definition) is 8. The maximum atomic E-state index is 12.7. The summed E-state index contributed by atoms with van der Waals surface area (Å²) in [7, 11) is -4.54. The van der Waals surface area contributed by atoms with Gasteiger partial charge in [-0.1, -0.05) is 195 Å². The maximum Gasteiger partial charge on any atom is 0.472 e. The second kappa shape index (κ2) is 50.1. The molecule has 0 heterocycles. The van der Waals surface area contributed by atoms with E-state index >= 15 is 0 Å². The Labute approximate surface area is 392 Å². The molecule has 3 N–H and O–H groups in total. The fourth-order valence-corrected chi connectivity index (χ4v) is 7.50. The molecule has 3 atom stereocenters. The van der Waals surface area contributed by atoms with Gasteiger partial charge in [-0.2, -0.15) is 0 Å². The van der Waals surface area contributed by atoms with Gasteiger partial charge in [0.25, 0.3) is 0 Å². The van der Waals surface area contributed by atoms with Crippen LogP contribution in [0.2, 0.25) is 0 Å². The van der Waals surface area contributed by atoms with E-state index in [1.54, 1.807) is 0 Å². The highest BCUT2D eigenvalue weighted by molar-refractivity contribution is 7.47. The highest BCUT2D eigenvalue weighted by Gasteiger charge is 2.26. The predicted octanol–water partition coefficient (Wildman–Crippen LogP) is 15.0. The molecule has 0 bridgehead atoms. The first kappa shape index (κ1) is 61.6. The average Bonchev–Trinajstić information content (AvgIpc) is 3.29. The number of unbranched alkanes of at least 4 members (excludes halogenated alkanes) is 20. The van der Waals surface area contributed by atoms with Gasteiger partial charge in [0.1, 0.15) is 12.2 Å². The van der Waals surface area contributed by atoms with Gasteiger partial charge >= 0.3 is 13.8 Å². The summed E-state index contributed by atoms with van der Waals surface area (Å²) in [5.74, 6) is -0.425. The average molecular weight is 919 g/mol. The van der Waals surface area contributed by atoms with Crippen molar-refractivity contribution in [3.8, 4) is 0 Å². The molecule has 0 aliphatic carbocycles. The molecule has 0 radical (unpaired) electrons. The Kier molecular flexibility index (Phi) is 48.2. The first-order chi connectivity index (χ1) is 31.3. The number of phosphoric ester groups is 1. The number of aliphatic hydroxyl groups is 2. The molecule has 0 aromatic carbocycles. The smallest absolute Gasteiger partial charge is 0.457 e. The summed E-state index contributed by atoms with van der Waals surface area (Å²) in [6.45, 7) is 3.35. The lowest BCUT2D eigenvalue weighted by atomic mass is 10.1.